The van der Waals surface area contributed by atoms with Gasteiger partial charge < -0.3 is 19.3 Å². The highest BCUT2D eigenvalue weighted by Gasteiger charge is 2.15. The Morgan fingerprint density at radius 2 is 1.44 bits per heavy atom. The topological polar surface area (TPSA) is 97.2 Å². The van der Waals surface area contributed by atoms with Crippen molar-refractivity contribution >= 4 is 5.97 Å². The third-order valence-corrected chi connectivity index (χ3v) is 6.66. The largest absolute Gasteiger partial charge is 0.477 e. The number of nitrogens with zero attached hydrogens (tertiary/aromatic N) is 4. The quantitative estimate of drug-likeness (QED) is 0.443. The Hall–Kier alpha value is -3.81. The number of morpholine rings is 2. The van der Waals surface area contributed by atoms with Gasteiger partial charge in [0, 0.05) is 56.0 Å². The molecular weight excluding hydrogens is 496 g/mol. The van der Waals surface area contributed by atoms with E-state index in [1.807, 2.05) is 36.4 Å². The van der Waals surface area contributed by atoms with Crippen molar-refractivity contribution in [1.82, 2.24) is 19.8 Å². The molecular formula is C30H32N4O5. The summed E-state index contributed by atoms with van der Waals surface area (Å²) < 4.78 is 16.5. The molecule has 9 nitrogen and oxygen atoms in total. The van der Waals surface area contributed by atoms with Crippen molar-refractivity contribution in [3.05, 3.63) is 77.0 Å². The van der Waals surface area contributed by atoms with Gasteiger partial charge in [0.25, 0.3) is 0 Å². The van der Waals surface area contributed by atoms with E-state index in [1.165, 1.54) is 11.6 Å². The lowest BCUT2D eigenvalue weighted by Crippen LogP contribution is -2.38. The zero-order valence-electron chi connectivity index (χ0n) is 21.8. The van der Waals surface area contributed by atoms with Crippen LogP contribution in [0.3, 0.4) is 0 Å². The fourth-order valence-corrected chi connectivity index (χ4v) is 4.42. The van der Waals surface area contributed by atoms with Crippen LogP contribution in [0.2, 0.25) is 0 Å². The minimum absolute atomic E-state index is 0.0547. The summed E-state index contributed by atoms with van der Waals surface area (Å²) in [6, 6.07) is 17.4. The molecule has 1 aromatic heterocycles. The summed E-state index contributed by atoms with van der Waals surface area (Å²) in [6.45, 7) is 8.62. The third kappa shape index (κ3) is 7.85. The molecule has 9 heteroatoms. The zero-order chi connectivity index (χ0) is 26.9. The maximum Gasteiger partial charge on any atom is 0.354 e. The summed E-state index contributed by atoms with van der Waals surface area (Å²) in [5.74, 6) is 5.28. The Morgan fingerprint density at radius 1 is 0.846 bits per heavy atom. The molecule has 0 unspecified atom stereocenters. The Balaban J connectivity index is 1.22. The van der Waals surface area contributed by atoms with Crippen molar-refractivity contribution in [2.75, 3.05) is 65.8 Å². The highest BCUT2D eigenvalue weighted by molar-refractivity contribution is 5.86. The first kappa shape index (κ1) is 26.8. The summed E-state index contributed by atoms with van der Waals surface area (Å²) >= 11 is 0. The predicted molar refractivity (Wildman–Crippen MR) is 146 cm³/mol. The van der Waals surface area contributed by atoms with Crippen LogP contribution >= 0.6 is 0 Å². The first-order valence-corrected chi connectivity index (χ1v) is 13.2. The molecule has 3 heterocycles. The highest BCUT2D eigenvalue weighted by Crippen LogP contribution is 2.21. The molecule has 2 aromatic carbocycles. The van der Waals surface area contributed by atoms with E-state index in [0.29, 0.717) is 32.1 Å². The molecule has 202 valence electrons. The molecule has 0 atom stereocenters. The maximum absolute atomic E-state index is 11.7. The van der Waals surface area contributed by atoms with Crippen molar-refractivity contribution in [2.24, 2.45) is 0 Å². The van der Waals surface area contributed by atoms with Gasteiger partial charge in [0.05, 0.1) is 32.1 Å². The Kier molecular flexibility index (Phi) is 9.14. The van der Waals surface area contributed by atoms with Crippen molar-refractivity contribution in [1.29, 1.82) is 0 Å². The summed E-state index contributed by atoms with van der Waals surface area (Å²) in [4.78, 5) is 24.8. The van der Waals surface area contributed by atoms with Crippen LogP contribution in [-0.2, 0) is 16.0 Å². The van der Waals surface area contributed by atoms with Crippen molar-refractivity contribution in [2.45, 2.75) is 6.54 Å². The first-order chi connectivity index (χ1) is 19.1. The molecule has 0 bridgehead atoms. The number of rotatable bonds is 8. The molecule has 1 N–H and O–H groups in total. The first-order valence-electron chi connectivity index (χ1n) is 13.2. The third-order valence-electron chi connectivity index (χ3n) is 6.66. The average molecular weight is 529 g/mol. The molecule has 2 saturated heterocycles. The molecule has 2 aliphatic heterocycles. The van der Waals surface area contributed by atoms with E-state index in [-0.39, 0.29) is 11.7 Å². The summed E-state index contributed by atoms with van der Waals surface area (Å²) in [7, 11) is 0. The van der Waals surface area contributed by atoms with E-state index < -0.39 is 5.97 Å². The summed E-state index contributed by atoms with van der Waals surface area (Å²) in [5, 5.41) is 9.54. The Bertz CT molecular complexity index is 1310. The van der Waals surface area contributed by atoms with Gasteiger partial charge in [-0.2, -0.15) is 9.97 Å². The summed E-state index contributed by atoms with van der Waals surface area (Å²) in [5.41, 5.74) is 4.20. The molecule has 0 spiro atoms. The van der Waals surface area contributed by atoms with Gasteiger partial charge >= 0.3 is 12.0 Å². The van der Waals surface area contributed by atoms with Gasteiger partial charge in [-0.15, -0.1) is 0 Å². The molecule has 0 aliphatic carbocycles. The van der Waals surface area contributed by atoms with Gasteiger partial charge in [-0.3, -0.25) is 9.80 Å². The van der Waals surface area contributed by atoms with Crippen LogP contribution in [-0.4, -0.2) is 96.6 Å². The molecule has 2 aliphatic rings. The summed E-state index contributed by atoms with van der Waals surface area (Å²) in [6.07, 6.45) is 0. The molecule has 0 radical (unpaired) electrons. The van der Waals surface area contributed by atoms with E-state index in [9.17, 15) is 9.90 Å². The molecule has 3 aromatic rings. The Morgan fingerprint density at radius 3 is 2.05 bits per heavy atom. The van der Waals surface area contributed by atoms with Gasteiger partial charge in [0.2, 0.25) is 0 Å². The predicted octanol–water partition coefficient (Wildman–Crippen LogP) is 2.78. The van der Waals surface area contributed by atoms with E-state index in [0.717, 1.165) is 62.6 Å². The standard InChI is InChI=1S/C30H32N4O5/c35-29(36)28-21-27(31-30(32-28)39-20-15-33-11-16-37-17-12-33)26-9-7-24(8-10-26)2-1-23-3-5-25(6-4-23)22-34-13-18-38-19-14-34/h3-10,21H,11-20,22H2,(H,35,36). The van der Waals surface area contributed by atoms with E-state index in [2.05, 4.69) is 43.7 Å². The minimum atomic E-state index is -1.13. The van der Waals surface area contributed by atoms with Crippen LogP contribution in [0.1, 0.15) is 27.2 Å². The lowest BCUT2D eigenvalue weighted by Gasteiger charge is -2.26. The van der Waals surface area contributed by atoms with E-state index >= 15 is 0 Å². The van der Waals surface area contributed by atoms with Gasteiger partial charge in [-0.05, 0) is 35.9 Å². The maximum atomic E-state index is 11.7. The number of hydrogen-bond donors (Lipinski definition) is 1. The normalized spacial score (nSPS) is 16.3. The lowest BCUT2D eigenvalue weighted by atomic mass is 10.1. The number of aromatic nitrogens is 2. The van der Waals surface area contributed by atoms with Crippen LogP contribution in [0.4, 0.5) is 0 Å². The number of carbonyl (C=O) groups is 1. The SMILES string of the molecule is O=C(O)c1cc(-c2ccc(C#Cc3ccc(CN4CCOCC4)cc3)cc2)nc(OCCN2CCOCC2)n1. The highest BCUT2D eigenvalue weighted by atomic mass is 16.5. The number of hydrogen-bond acceptors (Lipinski definition) is 8. The Labute approximate surface area is 228 Å². The van der Waals surface area contributed by atoms with Gasteiger partial charge in [0.1, 0.15) is 6.61 Å². The molecule has 2 fully saturated rings. The van der Waals surface area contributed by atoms with Gasteiger partial charge in [0.15, 0.2) is 5.69 Å². The minimum Gasteiger partial charge on any atom is -0.477 e. The van der Waals surface area contributed by atoms with Crippen molar-refractivity contribution < 1.29 is 24.1 Å². The molecule has 0 amide bonds. The fraction of sp³-hybridized carbons (Fsp3) is 0.367. The monoisotopic (exact) mass is 528 g/mol. The van der Waals surface area contributed by atoms with Crippen LogP contribution < -0.4 is 4.74 Å². The van der Waals surface area contributed by atoms with Crippen molar-refractivity contribution in [3.8, 4) is 29.1 Å². The van der Waals surface area contributed by atoms with E-state index in [4.69, 9.17) is 14.2 Å². The molecule has 39 heavy (non-hydrogen) atoms. The van der Waals surface area contributed by atoms with Crippen LogP contribution in [0.25, 0.3) is 11.3 Å². The second kappa shape index (κ2) is 13.3. The number of carboxylic acid groups (broad SMARTS) is 1. The average Bonchev–Trinajstić information content (AvgIpc) is 2.98. The van der Waals surface area contributed by atoms with Gasteiger partial charge in [-0.1, -0.05) is 36.1 Å². The van der Waals surface area contributed by atoms with Crippen LogP contribution in [0.5, 0.6) is 6.01 Å². The zero-order valence-corrected chi connectivity index (χ0v) is 21.8. The molecule has 0 saturated carbocycles. The van der Waals surface area contributed by atoms with E-state index in [1.54, 1.807) is 0 Å². The number of carboxylic acids is 1. The number of benzene rings is 2. The fourth-order valence-electron chi connectivity index (χ4n) is 4.42. The smallest absolute Gasteiger partial charge is 0.354 e. The van der Waals surface area contributed by atoms with Crippen molar-refractivity contribution in [3.63, 3.8) is 0 Å². The number of ether oxygens (including phenoxy) is 3. The van der Waals surface area contributed by atoms with Crippen LogP contribution in [0.15, 0.2) is 54.6 Å². The van der Waals surface area contributed by atoms with Gasteiger partial charge in [-0.25, -0.2) is 4.79 Å². The molecule has 5 rings (SSSR count). The second-order valence-electron chi connectivity index (χ2n) is 9.44. The van der Waals surface area contributed by atoms with Crippen LogP contribution in [0, 0.1) is 11.8 Å². The lowest BCUT2D eigenvalue weighted by molar-refractivity contribution is 0.0316. The second-order valence-corrected chi connectivity index (χ2v) is 9.44. The number of aromatic carboxylic acids is 1.